The van der Waals surface area contributed by atoms with E-state index in [1.165, 1.54) is 13.8 Å². The third kappa shape index (κ3) is 6.53. The fourth-order valence-electron chi connectivity index (χ4n) is 3.46. The maximum absolute atomic E-state index is 11.3. The number of rotatable bonds is 11. The molecule has 182 valence electrons. The van der Waals surface area contributed by atoms with Crippen molar-refractivity contribution in [1.29, 1.82) is 0 Å². The van der Waals surface area contributed by atoms with Gasteiger partial charge in [-0.2, -0.15) is 0 Å². The fourth-order valence-corrected chi connectivity index (χ4v) is 3.59. The van der Waals surface area contributed by atoms with Crippen molar-refractivity contribution >= 4 is 28.7 Å². The quantitative estimate of drug-likeness (QED) is 0.246. The molecular weight excluding hydrogens is 468 g/mol. The van der Waals surface area contributed by atoms with E-state index < -0.39 is 17.7 Å². The number of halogens is 1. The SMILES string of the molecule is CC(C)(Oc1cccc(CNCCC(Oc2ccc(Cl)cc2)c2nc3ccccc3o2)c1)C(=O)O. The van der Waals surface area contributed by atoms with Gasteiger partial charge in [0.25, 0.3) is 0 Å². The number of hydrogen-bond acceptors (Lipinski definition) is 6. The number of aliphatic carboxylic acids is 1. The predicted octanol–water partition coefficient (Wildman–Crippen LogP) is 6.02. The van der Waals surface area contributed by atoms with Gasteiger partial charge in [-0.1, -0.05) is 35.9 Å². The zero-order valence-electron chi connectivity index (χ0n) is 19.5. The van der Waals surface area contributed by atoms with Crippen molar-refractivity contribution in [1.82, 2.24) is 10.3 Å². The number of oxazole rings is 1. The minimum absolute atomic E-state index is 0.401. The Morgan fingerprint density at radius 1 is 1.09 bits per heavy atom. The molecule has 0 saturated heterocycles. The van der Waals surface area contributed by atoms with Crippen LogP contribution in [0.4, 0.5) is 0 Å². The molecule has 0 spiro atoms. The molecule has 8 heteroatoms. The topological polar surface area (TPSA) is 93.8 Å². The predicted molar refractivity (Wildman–Crippen MR) is 134 cm³/mol. The van der Waals surface area contributed by atoms with Crippen molar-refractivity contribution in [2.75, 3.05) is 6.54 Å². The summed E-state index contributed by atoms with van der Waals surface area (Å²) in [6, 6.07) is 22.2. The molecule has 0 amide bonds. The molecule has 0 aliphatic heterocycles. The molecule has 0 fully saturated rings. The van der Waals surface area contributed by atoms with Crippen molar-refractivity contribution in [3.63, 3.8) is 0 Å². The van der Waals surface area contributed by atoms with Crippen LogP contribution in [0.1, 0.15) is 37.8 Å². The monoisotopic (exact) mass is 494 g/mol. The van der Waals surface area contributed by atoms with Crippen LogP contribution in [0.25, 0.3) is 11.1 Å². The molecular formula is C27H27ClN2O5. The number of hydrogen-bond donors (Lipinski definition) is 2. The average Bonchev–Trinajstić information content (AvgIpc) is 3.26. The second-order valence-electron chi connectivity index (χ2n) is 8.61. The molecule has 0 aliphatic rings. The van der Waals surface area contributed by atoms with Crippen LogP contribution in [-0.4, -0.2) is 28.2 Å². The summed E-state index contributed by atoms with van der Waals surface area (Å²) in [6.45, 7) is 4.25. The second kappa shape index (κ2) is 10.8. The van der Waals surface area contributed by atoms with Gasteiger partial charge in [-0.15, -0.1) is 0 Å². The van der Waals surface area contributed by atoms with Gasteiger partial charge < -0.3 is 24.3 Å². The molecule has 2 N–H and O–H groups in total. The molecule has 7 nitrogen and oxygen atoms in total. The van der Waals surface area contributed by atoms with Crippen LogP contribution in [0, 0.1) is 0 Å². The number of nitrogens with one attached hydrogen (secondary N) is 1. The zero-order valence-corrected chi connectivity index (χ0v) is 20.3. The summed E-state index contributed by atoms with van der Waals surface area (Å²) in [4.78, 5) is 16.0. The van der Waals surface area contributed by atoms with Crippen LogP contribution < -0.4 is 14.8 Å². The van der Waals surface area contributed by atoms with E-state index >= 15 is 0 Å². The molecule has 0 bridgehead atoms. The Balaban J connectivity index is 1.40. The highest BCUT2D eigenvalue weighted by atomic mass is 35.5. The molecule has 3 aromatic carbocycles. The van der Waals surface area contributed by atoms with Crippen molar-refractivity contribution in [3.8, 4) is 11.5 Å². The van der Waals surface area contributed by atoms with Gasteiger partial charge in [0.05, 0.1) is 0 Å². The van der Waals surface area contributed by atoms with Crippen LogP contribution >= 0.6 is 11.6 Å². The normalized spacial score (nSPS) is 12.4. The van der Waals surface area contributed by atoms with E-state index in [0.29, 0.717) is 47.5 Å². The number of ether oxygens (including phenoxy) is 2. The first-order valence-corrected chi connectivity index (χ1v) is 11.7. The lowest BCUT2D eigenvalue weighted by molar-refractivity contribution is -0.152. The largest absolute Gasteiger partial charge is 0.481 e. The van der Waals surface area contributed by atoms with Crippen molar-refractivity contribution < 1.29 is 23.8 Å². The Morgan fingerprint density at radius 2 is 1.86 bits per heavy atom. The molecule has 0 aliphatic carbocycles. The van der Waals surface area contributed by atoms with Crippen molar-refractivity contribution in [3.05, 3.63) is 89.3 Å². The van der Waals surface area contributed by atoms with Gasteiger partial charge in [0.2, 0.25) is 5.89 Å². The van der Waals surface area contributed by atoms with E-state index in [9.17, 15) is 9.90 Å². The Morgan fingerprint density at radius 3 is 2.60 bits per heavy atom. The highest BCUT2D eigenvalue weighted by Crippen LogP contribution is 2.28. The van der Waals surface area contributed by atoms with E-state index in [2.05, 4.69) is 10.3 Å². The lowest BCUT2D eigenvalue weighted by Gasteiger charge is -2.22. The summed E-state index contributed by atoms with van der Waals surface area (Å²) in [5.41, 5.74) is 1.15. The number of benzene rings is 3. The second-order valence-corrected chi connectivity index (χ2v) is 9.05. The van der Waals surface area contributed by atoms with E-state index in [0.717, 1.165) is 11.1 Å². The fraction of sp³-hybridized carbons (Fsp3) is 0.259. The Hall–Kier alpha value is -3.55. The Kier molecular flexibility index (Phi) is 7.58. The smallest absolute Gasteiger partial charge is 0.347 e. The number of carbonyl (C=O) groups is 1. The molecule has 0 saturated carbocycles. The van der Waals surface area contributed by atoms with Gasteiger partial charge in [-0.05, 0) is 74.5 Å². The van der Waals surface area contributed by atoms with E-state index in [-0.39, 0.29) is 0 Å². The van der Waals surface area contributed by atoms with Gasteiger partial charge in [0, 0.05) is 18.0 Å². The third-order valence-electron chi connectivity index (χ3n) is 5.38. The van der Waals surface area contributed by atoms with Gasteiger partial charge in [-0.3, -0.25) is 0 Å². The lowest BCUT2D eigenvalue weighted by atomic mass is 10.1. The van der Waals surface area contributed by atoms with E-state index in [1.807, 2.05) is 54.6 Å². The number of nitrogens with zero attached hydrogens (tertiary/aromatic N) is 1. The van der Waals surface area contributed by atoms with Gasteiger partial charge in [-0.25, -0.2) is 9.78 Å². The number of para-hydroxylation sites is 2. The Labute approximate surface area is 208 Å². The summed E-state index contributed by atoms with van der Waals surface area (Å²) in [7, 11) is 0. The molecule has 1 unspecified atom stereocenters. The molecule has 1 atom stereocenters. The van der Waals surface area contributed by atoms with Crippen molar-refractivity contribution in [2.24, 2.45) is 0 Å². The Bertz CT molecular complexity index is 1250. The minimum Gasteiger partial charge on any atom is -0.481 e. The number of carboxylic acids is 1. The van der Waals surface area contributed by atoms with Crippen LogP contribution in [0.2, 0.25) is 5.02 Å². The molecule has 4 aromatic rings. The first kappa shape index (κ1) is 24.6. The molecule has 35 heavy (non-hydrogen) atoms. The molecule has 1 aromatic heterocycles. The zero-order chi connectivity index (χ0) is 24.8. The summed E-state index contributed by atoms with van der Waals surface area (Å²) >= 11 is 6.01. The first-order chi connectivity index (χ1) is 16.8. The summed E-state index contributed by atoms with van der Waals surface area (Å²) in [5, 5.41) is 13.3. The number of fused-ring (bicyclic) bond motifs is 1. The highest BCUT2D eigenvalue weighted by molar-refractivity contribution is 6.30. The van der Waals surface area contributed by atoms with Crippen LogP contribution in [0.5, 0.6) is 11.5 Å². The number of aromatic nitrogens is 1. The average molecular weight is 495 g/mol. The highest BCUT2D eigenvalue weighted by Gasteiger charge is 2.29. The molecule has 0 radical (unpaired) electrons. The first-order valence-electron chi connectivity index (χ1n) is 11.3. The van der Waals surface area contributed by atoms with Crippen LogP contribution in [-0.2, 0) is 11.3 Å². The summed E-state index contributed by atoms with van der Waals surface area (Å²) in [6.07, 6.45) is 0.208. The van der Waals surface area contributed by atoms with E-state index in [1.54, 1.807) is 18.2 Å². The maximum Gasteiger partial charge on any atom is 0.347 e. The lowest BCUT2D eigenvalue weighted by Crippen LogP contribution is -2.37. The van der Waals surface area contributed by atoms with Gasteiger partial charge in [0.15, 0.2) is 17.3 Å². The standard InChI is InChI=1S/C27H27ClN2O5/c1-27(2,26(31)32)35-21-7-5-6-18(16-21)17-29-15-14-24(33-20-12-10-19(28)11-13-20)25-30-22-8-3-4-9-23(22)34-25/h3-13,16,24,29H,14-15,17H2,1-2H3,(H,31,32). The number of carboxylic acid groups (broad SMARTS) is 1. The summed E-state index contributed by atoms with van der Waals surface area (Å²) < 4.78 is 17.8. The molecule has 1 heterocycles. The third-order valence-corrected chi connectivity index (χ3v) is 5.63. The summed E-state index contributed by atoms with van der Waals surface area (Å²) in [5.74, 6) is 0.667. The van der Waals surface area contributed by atoms with Crippen LogP contribution in [0.3, 0.4) is 0 Å². The van der Waals surface area contributed by atoms with Gasteiger partial charge in [0.1, 0.15) is 17.0 Å². The maximum atomic E-state index is 11.3. The van der Waals surface area contributed by atoms with Crippen molar-refractivity contribution in [2.45, 2.75) is 38.5 Å². The van der Waals surface area contributed by atoms with Gasteiger partial charge >= 0.3 is 5.97 Å². The minimum atomic E-state index is -1.31. The van der Waals surface area contributed by atoms with Crippen LogP contribution in [0.15, 0.2) is 77.2 Å². The van der Waals surface area contributed by atoms with E-state index in [4.69, 9.17) is 25.5 Å². The molecule has 4 rings (SSSR count).